The Morgan fingerprint density at radius 3 is 2.06 bits per heavy atom. The Morgan fingerprint density at radius 1 is 0.774 bits per heavy atom. The van der Waals surface area contributed by atoms with E-state index in [1.54, 1.807) is 20.8 Å². The monoisotopic (exact) mass is 736 g/mol. The molecule has 2 fully saturated rings. The van der Waals surface area contributed by atoms with Gasteiger partial charge in [-0.15, -0.1) is 0 Å². The maximum absolute atomic E-state index is 13.9. The highest BCUT2D eigenvalue weighted by Crippen LogP contribution is 2.46. The summed E-state index contributed by atoms with van der Waals surface area (Å²) in [7, 11) is 0. The van der Waals surface area contributed by atoms with Crippen LogP contribution in [0, 0.1) is 12.3 Å². The van der Waals surface area contributed by atoms with Gasteiger partial charge < -0.3 is 28.4 Å². The molecule has 0 bridgehead atoms. The summed E-state index contributed by atoms with van der Waals surface area (Å²) in [6.45, 7) is 14.2. The molecule has 9 heteroatoms. The number of carbonyl (C=O) groups is 2. The van der Waals surface area contributed by atoms with E-state index in [0.29, 0.717) is 0 Å². The third-order valence-electron chi connectivity index (χ3n) is 10.1. The van der Waals surface area contributed by atoms with Gasteiger partial charge in [0.1, 0.15) is 24.3 Å². The second kappa shape index (κ2) is 14.9. The number of hydrogen-bond acceptors (Lipinski definition) is 9. The Balaban J connectivity index is 1.21. The predicted octanol–water partition coefficient (Wildman–Crippen LogP) is 9.52. The molecule has 1 unspecified atom stereocenters. The van der Waals surface area contributed by atoms with Crippen LogP contribution >= 0.6 is 11.8 Å². The van der Waals surface area contributed by atoms with Gasteiger partial charge >= 0.3 is 12.1 Å². The maximum atomic E-state index is 13.9. The van der Waals surface area contributed by atoms with Gasteiger partial charge in [0.2, 0.25) is 0 Å². The van der Waals surface area contributed by atoms with E-state index in [1.165, 1.54) is 11.8 Å². The van der Waals surface area contributed by atoms with E-state index in [9.17, 15) is 9.59 Å². The second-order valence-electron chi connectivity index (χ2n) is 16.1. The zero-order valence-electron chi connectivity index (χ0n) is 31.4. The van der Waals surface area contributed by atoms with Gasteiger partial charge in [0, 0.05) is 16.4 Å². The van der Waals surface area contributed by atoms with Crippen LogP contribution in [0.3, 0.4) is 0 Å². The lowest BCUT2D eigenvalue weighted by Gasteiger charge is -2.48. The van der Waals surface area contributed by atoms with Crippen molar-refractivity contribution in [1.82, 2.24) is 0 Å². The highest BCUT2D eigenvalue weighted by molar-refractivity contribution is 7.99. The van der Waals surface area contributed by atoms with Gasteiger partial charge in [-0.2, -0.15) is 0 Å². The Morgan fingerprint density at radius 2 is 1.42 bits per heavy atom. The van der Waals surface area contributed by atoms with E-state index >= 15 is 0 Å². The molecule has 2 heterocycles. The lowest BCUT2D eigenvalue weighted by Crippen LogP contribution is -2.63. The first kappa shape index (κ1) is 37.2. The minimum Gasteiger partial charge on any atom is -0.454 e. The van der Waals surface area contributed by atoms with Crippen LogP contribution in [0.1, 0.15) is 81.6 Å². The maximum Gasteiger partial charge on any atom is 0.508 e. The van der Waals surface area contributed by atoms with E-state index in [-0.39, 0.29) is 24.5 Å². The molecule has 0 radical (unpaired) electrons. The van der Waals surface area contributed by atoms with E-state index in [4.69, 9.17) is 28.4 Å². The number of carbonyl (C=O) groups excluding carboxylic acids is 2. The Hall–Kier alpha value is -4.15. The van der Waals surface area contributed by atoms with Crippen LogP contribution in [0.5, 0.6) is 0 Å². The van der Waals surface area contributed by atoms with Crippen molar-refractivity contribution in [1.29, 1.82) is 0 Å². The highest BCUT2D eigenvalue weighted by Gasteiger charge is 2.55. The molecule has 53 heavy (non-hydrogen) atoms. The van der Waals surface area contributed by atoms with Crippen molar-refractivity contribution in [2.75, 3.05) is 13.2 Å². The third kappa shape index (κ3) is 7.90. The number of fused-ring (bicyclic) bond motifs is 4. The number of benzene rings is 4. The fourth-order valence-electron chi connectivity index (χ4n) is 7.04. The van der Waals surface area contributed by atoms with Gasteiger partial charge in [-0.05, 0) is 72.6 Å². The molecule has 1 aliphatic carbocycles. The van der Waals surface area contributed by atoms with E-state index < -0.39 is 53.7 Å². The number of hydrogen-bond donors (Lipinski definition) is 0. The van der Waals surface area contributed by atoms with Crippen LogP contribution in [0.4, 0.5) is 4.79 Å². The summed E-state index contributed by atoms with van der Waals surface area (Å²) in [6.07, 6.45) is -5.20. The van der Waals surface area contributed by atoms with Crippen molar-refractivity contribution in [3.05, 3.63) is 125 Å². The molecule has 4 aromatic rings. The highest BCUT2D eigenvalue weighted by atomic mass is 32.2. The first-order valence-corrected chi connectivity index (χ1v) is 19.1. The van der Waals surface area contributed by atoms with Gasteiger partial charge in [-0.1, -0.05) is 124 Å². The molecule has 278 valence electrons. The molecule has 7 rings (SSSR count). The lowest BCUT2D eigenvalue weighted by atomic mass is 9.87. The van der Waals surface area contributed by atoms with Crippen LogP contribution in [0.2, 0.25) is 0 Å². The van der Waals surface area contributed by atoms with Crippen molar-refractivity contribution < 1.29 is 38.0 Å². The average Bonchev–Trinajstić information content (AvgIpc) is 3.45. The molecule has 2 saturated heterocycles. The fraction of sp³-hybridized carbons (Fsp3) is 0.409. The number of aryl methyl sites for hydroxylation is 1. The molecular formula is C44H48O8S. The van der Waals surface area contributed by atoms with Crippen molar-refractivity contribution in [2.45, 2.75) is 101 Å². The molecule has 3 aliphatic rings. The molecule has 0 aromatic heterocycles. The molecule has 4 aromatic carbocycles. The molecular weight excluding hydrogens is 689 g/mol. The topological polar surface area (TPSA) is 89.5 Å². The molecule has 0 saturated carbocycles. The van der Waals surface area contributed by atoms with Crippen molar-refractivity contribution >= 4 is 23.9 Å². The van der Waals surface area contributed by atoms with E-state index in [2.05, 4.69) is 63.2 Å². The average molecular weight is 737 g/mol. The standard InChI is InChI=1S/C44H48O8S/c1-26-21-22-28(43(2,3)4)23-35(26)53-40-38(51-41(45)44(5,6)7)37(36-34(49-40)25-47-39(50-36)27-15-9-8-10-16-27)52-42(46)48-24-33-31-19-13-11-17-29(31)30-18-12-14-20-32(30)33/h8-23,33-34,36-40H,24-25H2,1-7H3/t34-,36-,37+,38-,39?,40+/m1/s1. The third-order valence-corrected chi connectivity index (χ3v) is 11.4. The van der Waals surface area contributed by atoms with Crippen molar-refractivity contribution in [2.24, 2.45) is 5.41 Å². The SMILES string of the molecule is Cc1ccc(C(C)(C)C)cc1S[C@@H]1O[C@@H]2COC(c3ccccc3)O[C@H]2[C@H](OC(=O)OCC2c3ccccc3-c3ccccc32)[C@H]1OC(=O)C(C)(C)C. The van der Waals surface area contributed by atoms with Crippen LogP contribution in [0.25, 0.3) is 11.1 Å². The van der Waals surface area contributed by atoms with Crippen LogP contribution < -0.4 is 0 Å². The Kier molecular flexibility index (Phi) is 10.5. The summed E-state index contributed by atoms with van der Waals surface area (Å²) in [5.41, 5.74) is 5.74. The molecule has 0 spiro atoms. The normalized spacial score (nSPS) is 24.1. The first-order chi connectivity index (χ1) is 25.3. The largest absolute Gasteiger partial charge is 0.508 e. The van der Waals surface area contributed by atoms with Crippen LogP contribution in [-0.2, 0) is 38.6 Å². The smallest absolute Gasteiger partial charge is 0.454 e. The van der Waals surface area contributed by atoms with Gasteiger partial charge in [-0.3, -0.25) is 4.79 Å². The number of esters is 1. The van der Waals surface area contributed by atoms with Gasteiger partial charge in [0.25, 0.3) is 0 Å². The van der Waals surface area contributed by atoms with E-state index in [1.807, 2.05) is 61.5 Å². The fourth-order valence-corrected chi connectivity index (χ4v) is 8.28. The van der Waals surface area contributed by atoms with Gasteiger partial charge in [0.05, 0.1) is 12.0 Å². The summed E-state index contributed by atoms with van der Waals surface area (Å²) in [5, 5.41) is 0. The second-order valence-corrected chi connectivity index (χ2v) is 17.2. The number of thioether (sulfide) groups is 1. The molecule has 2 aliphatic heterocycles. The quantitative estimate of drug-likeness (QED) is 0.172. The van der Waals surface area contributed by atoms with Crippen molar-refractivity contribution in [3.8, 4) is 11.1 Å². The molecule has 0 amide bonds. The zero-order valence-corrected chi connectivity index (χ0v) is 32.2. The Bertz CT molecular complexity index is 1900. The summed E-state index contributed by atoms with van der Waals surface area (Å²) in [6, 6.07) is 32.3. The molecule has 8 nitrogen and oxygen atoms in total. The predicted molar refractivity (Wildman–Crippen MR) is 204 cm³/mol. The number of rotatable bonds is 7. The first-order valence-electron chi connectivity index (χ1n) is 18.3. The van der Waals surface area contributed by atoms with E-state index in [0.717, 1.165) is 43.8 Å². The van der Waals surface area contributed by atoms with Crippen LogP contribution in [-0.4, -0.2) is 55.2 Å². The summed E-state index contributed by atoms with van der Waals surface area (Å²) in [4.78, 5) is 28.5. The van der Waals surface area contributed by atoms with Crippen molar-refractivity contribution in [3.63, 3.8) is 0 Å². The minimum absolute atomic E-state index is 0.0736. The summed E-state index contributed by atoms with van der Waals surface area (Å²) >= 11 is 1.44. The zero-order chi connectivity index (χ0) is 37.5. The Labute approximate surface area is 316 Å². The number of ether oxygens (including phenoxy) is 6. The summed E-state index contributed by atoms with van der Waals surface area (Å²) in [5.74, 6) is -0.613. The van der Waals surface area contributed by atoms with Gasteiger partial charge in [-0.25, -0.2) is 4.79 Å². The molecule has 6 atom stereocenters. The summed E-state index contributed by atoms with van der Waals surface area (Å²) < 4.78 is 38.0. The molecule has 0 N–H and O–H groups in total. The van der Waals surface area contributed by atoms with Gasteiger partial charge in [0.15, 0.2) is 18.5 Å². The van der Waals surface area contributed by atoms with Crippen LogP contribution in [0.15, 0.2) is 102 Å². The lowest BCUT2D eigenvalue weighted by molar-refractivity contribution is -0.320. The minimum atomic E-state index is -1.07.